The van der Waals surface area contributed by atoms with E-state index in [0.29, 0.717) is 12.0 Å². The van der Waals surface area contributed by atoms with Crippen LogP contribution in [0, 0.1) is 13.8 Å². The highest BCUT2D eigenvalue weighted by Gasteiger charge is 2.17. The number of hydrogen-bond acceptors (Lipinski definition) is 3. The molecule has 1 heterocycles. The third-order valence-corrected chi connectivity index (χ3v) is 3.50. The molecule has 0 saturated heterocycles. The molecule has 1 unspecified atom stereocenters. The Morgan fingerprint density at radius 1 is 1.47 bits per heavy atom. The first-order chi connectivity index (χ1) is 7.93. The van der Waals surface area contributed by atoms with Crippen molar-refractivity contribution < 1.29 is 14.7 Å². The number of carbonyl (C=O) groups excluding carboxylic acids is 1. The van der Waals surface area contributed by atoms with Gasteiger partial charge in [0, 0.05) is 15.8 Å². The lowest BCUT2D eigenvalue weighted by atomic mass is 10.1. The van der Waals surface area contributed by atoms with E-state index in [0.717, 1.165) is 9.75 Å². The average molecular weight is 255 g/mol. The van der Waals surface area contributed by atoms with Crippen molar-refractivity contribution in [3.63, 3.8) is 0 Å². The zero-order valence-corrected chi connectivity index (χ0v) is 11.1. The van der Waals surface area contributed by atoms with E-state index in [1.54, 1.807) is 11.3 Å². The molecule has 2 N–H and O–H groups in total. The van der Waals surface area contributed by atoms with Gasteiger partial charge >= 0.3 is 5.97 Å². The van der Waals surface area contributed by atoms with Gasteiger partial charge in [0.05, 0.1) is 12.0 Å². The molecule has 0 radical (unpaired) electrons. The first-order valence-electron chi connectivity index (χ1n) is 5.53. The van der Waals surface area contributed by atoms with Gasteiger partial charge in [-0.05, 0) is 26.3 Å². The molecule has 1 aromatic rings. The van der Waals surface area contributed by atoms with E-state index in [-0.39, 0.29) is 18.4 Å². The molecule has 1 aromatic heterocycles. The molecule has 0 aliphatic heterocycles. The molecule has 0 spiro atoms. The quantitative estimate of drug-likeness (QED) is 0.848. The summed E-state index contributed by atoms with van der Waals surface area (Å²) in [4.78, 5) is 24.6. The summed E-state index contributed by atoms with van der Waals surface area (Å²) in [7, 11) is 0. The van der Waals surface area contributed by atoms with Crippen LogP contribution in [0.2, 0.25) is 0 Å². The monoisotopic (exact) mass is 255 g/mol. The van der Waals surface area contributed by atoms with Gasteiger partial charge in [0.25, 0.3) is 5.91 Å². The third-order valence-electron chi connectivity index (χ3n) is 2.53. The van der Waals surface area contributed by atoms with Gasteiger partial charge in [0.15, 0.2) is 0 Å². The molecule has 1 rings (SSSR count). The Bertz CT molecular complexity index is 425. The molecule has 1 atom stereocenters. The van der Waals surface area contributed by atoms with E-state index in [2.05, 4.69) is 5.32 Å². The first kappa shape index (κ1) is 13.7. The number of rotatable bonds is 5. The lowest BCUT2D eigenvalue weighted by molar-refractivity contribution is -0.137. The number of thiophene rings is 1. The summed E-state index contributed by atoms with van der Waals surface area (Å²) in [6.45, 7) is 5.70. The highest BCUT2D eigenvalue weighted by atomic mass is 32.1. The van der Waals surface area contributed by atoms with Gasteiger partial charge in [-0.2, -0.15) is 0 Å². The number of carbonyl (C=O) groups is 2. The second kappa shape index (κ2) is 5.82. The van der Waals surface area contributed by atoms with Gasteiger partial charge < -0.3 is 10.4 Å². The van der Waals surface area contributed by atoms with Gasteiger partial charge in [-0.25, -0.2) is 0 Å². The zero-order valence-electron chi connectivity index (χ0n) is 10.2. The smallest absolute Gasteiger partial charge is 0.305 e. The number of nitrogens with one attached hydrogen (secondary N) is 1. The number of carboxylic acids is 1. The van der Waals surface area contributed by atoms with Crippen LogP contribution in [0.3, 0.4) is 0 Å². The highest BCUT2D eigenvalue weighted by Crippen LogP contribution is 2.20. The Kier molecular flexibility index (Phi) is 4.69. The Labute approximate surface area is 105 Å². The summed E-state index contributed by atoms with van der Waals surface area (Å²) in [6.07, 6.45) is 0.574. The lowest BCUT2D eigenvalue weighted by Gasteiger charge is -2.14. The largest absolute Gasteiger partial charge is 0.481 e. The zero-order chi connectivity index (χ0) is 13.0. The predicted molar refractivity (Wildman–Crippen MR) is 67.6 cm³/mol. The van der Waals surface area contributed by atoms with E-state index in [1.165, 1.54) is 0 Å². The second-order valence-electron chi connectivity index (χ2n) is 4.00. The summed E-state index contributed by atoms with van der Waals surface area (Å²) >= 11 is 1.57. The number of hydrogen-bond donors (Lipinski definition) is 2. The van der Waals surface area contributed by atoms with Gasteiger partial charge in [0.1, 0.15) is 0 Å². The Morgan fingerprint density at radius 2 is 2.12 bits per heavy atom. The lowest BCUT2D eigenvalue weighted by Crippen LogP contribution is -2.36. The maximum Gasteiger partial charge on any atom is 0.305 e. The van der Waals surface area contributed by atoms with Crippen LogP contribution in [-0.2, 0) is 4.79 Å². The van der Waals surface area contributed by atoms with Crippen molar-refractivity contribution >= 4 is 23.2 Å². The van der Waals surface area contributed by atoms with E-state index >= 15 is 0 Å². The molecule has 0 aromatic carbocycles. The van der Waals surface area contributed by atoms with Crippen molar-refractivity contribution in [2.24, 2.45) is 0 Å². The molecule has 5 heteroatoms. The Balaban J connectivity index is 2.70. The van der Waals surface area contributed by atoms with E-state index in [1.807, 2.05) is 26.8 Å². The number of carboxylic acid groups (broad SMARTS) is 1. The summed E-state index contributed by atoms with van der Waals surface area (Å²) in [6, 6.07) is 1.53. The second-order valence-corrected chi connectivity index (χ2v) is 5.46. The van der Waals surface area contributed by atoms with Crippen LogP contribution in [0.5, 0.6) is 0 Å². The van der Waals surface area contributed by atoms with Gasteiger partial charge in [-0.3, -0.25) is 9.59 Å². The maximum absolute atomic E-state index is 11.9. The highest BCUT2D eigenvalue weighted by molar-refractivity contribution is 7.12. The SMILES string of the molecule is CCC(CC(=O)O)NC(=O)c1cc(C)sc1C. The van der Waals surface area contributed by atoms with Gasteiger partial charge in [0.2, 0.25) is 0 Å². The van der Waals surface area contributed by atoms with E-state index in [9.17, 15) is 9.59 Å². The molecule has 0 aliphatic carbocycles. The van der Waals surface area contributed by atoms with Crippen molar-refractivity contribution in [3.05, 3.63) is 21.4 Å². The molecule has 4 nitrogen and oxygen atoms in total. The fourth-order valence-corrected chi connectivity index (χ4v) is 2.55. The summed E-state index contributed by atoms with van der Waals surface area (Å²) in [5.41, 5.74) is 0.649. The molecule has 17 heavy (non-hydrogen) atoms. The summed E-state index contributed by atoms with van der Waals surface area (Å²) in [5.74, 6) is -1.07. The van der Waals surface area contributed by atoms with Crippen molar-refractivity contribution in [2.75, 3.05) is 0 Å². The topological polar surface area (TPSA) is 66.4 Å². The molecular formula is C12H17NO3S. The number of aliphatic carboxylic acids is 1. The molecule has 1 amide bonds. The van der Waals surface area contributed by atoms with E-state index in [4.69, 9.17) is 5.11 Å². The van der Waals surface area contributed by atoms with Gasteiger partial charge in [-0.15, -0.1) is 11.3 Å². The standard InChI is InChI=1S/C12H17NO3S/c1-4-9(6-11(14)15)13-12(16)10-5-7(2)17-8(10)3/h5,9H,4,6H2,1-3H3,(H,13,16)(H,14,15). The minimum absolute atomic E-state index is 0.0373. The molecule has 0 fully saturated rings. The fourth-order valence-electron chi connectivity index (χ4n) is 1.63. The first-order valence-corrected chi connectivity index (χ1v) is 6.35. The predicted octanol–water partition coefficient (Wildman–Crippen LogP) is 2.35. The number of aryl methyl sites for hydroxylation is 2. The minimum atomic E-state index is -0.893. The van der Waals surface area contributed by atoms with Crippen LogP contribution in [0.4, 0.5) is 0 Å². The molecule has 0 saturated carbocycles. The van der Waals surface area contributed by atoms with Crippen molar-refractivity contribution in [2.45, 2.75) is 39.7 Å². The van der Waals surface area contributed by atoms with Crippen molar-refractivity contribution in [1.29, 1.82) is 0 Å². The Hall–Kier alpha value is -1.36. The van der Waals surface area contributed by atoms with Crippen LogP contribution < -0.4 is 5.32 Å². The normalized spacial score (nSPS) is 12.2. The van der Waals surface area contributed by atoms with Crippen LogP contribution >= 0.6 is 11.3 Å². The van der Waals surface area contributed by atoms with Crippen LogP contribution in [-0.4, -0.2) is 23.0 Å². The van der Waals surface area contributed by atoms with Crippen molar-refractivity contribution in [1.82, 2.24) is 5.32 Å². The van der Waals surface area contributed by atoms with Crippen LogP contribution in [0.25, 0.3) is 0 Å². The van der Waals surface area contributed by atoms with Crippen molar-refractivity contribution in [3.8, 4) is 0 Å². The average Bonchev–Trinajstić information content (AvgIpc) is 2.56. The van der Waals surface area contributed by atoms with Crippen LogP contribution in [0.1, 0.15) is 39.9 Å². The van der Waals surface area contributed by atoms with Gasteiger partial charge in [-0.1, -0.05) is 6.92 Å². The summed E-state index contributed by atoms with van der Waals surface area (Å²) < 4.78 is 0. The van der Waals surface area contributed by atoms with E-state index < -0.39 is 5.97 Å². The maximum atomic E-state index is 11.9. The molecular weight excluding hydrogens is 238 g/mol. The number of amides is 1. The fraction of sp³-hybridized carbons (Fsp3) is 0.500. The Morgan fingerprint density at radius 3 is 2.53 bits per heavy atom. The third kappa shape index (κ3) is 3.85. The van der Waals surface area contributed by atoms with Crippen LogP contribution in [0.15, 0.2) is 6.07 Å². The molecule has 94 valence electrons. The minimum Gasteiger partial charge on any atom is -0.481 e. The molecule has 0 aliphatic rings. The molecule has 0 bridgehead atoms. The summed E-state index contributed by atoms with van der Waals surface area (Å²) in [5, 5.41) is 11.5.